The monoisotopic (exact) mass is 234 g/mol. The van der Waals surface area contributed by atoms with Crippen molar-refractivity contribution in [3.05, 3.63) is 35.0 Å². The molecule has 1 saturated carbocycles. The Bertz CT molecular complexity index is 513. The summed E-state index contributed by atoms with van der Waals surface area (Å²) in [6.07, 6.45) is 2.34. The lowest BCUT2D eigenvalue weighted by atomic mass is 10.3. The quantitative estimate of drug-likeness (QED) is 0.868. The van der Waals surface area contributed by atoms with E-state index in [1.165, 1.54) is 12.8 Å². The highest BCUT2D eigenvalue weighted by molar-refractivity contribution is 6.30. The second-order valence-corrected chi connectivity index (χ2v) is 4.46. The number of nitrogen functional groups attached to an aromatic ring is 1. The Kier molecular flexibility index (Phi) is 2.11. The Balaban J connectivity index is 2.02. The molecule has 1 fully saturated rings. The molecule has 82 valence electrons. The van der Waals surface area contributed by atoms with E-state index in [2.05, 4.69) is 10.3 Å². The van der Waals surface area contributed by atoms with Gasteiger partial charge in [-0.15, -0.1) is 5.10 Å². The summed E-state index contributed by atoms with van der Waals surface area (Å²) in [4.78, 5) is 0. The van der Waals surface area contributed by atoms with Crippen LogP contribution >= 0.6 is 11.6 Å². The van der Waals surface area contributed by atoms with Crippen molar-refractivity contribution in [2.45, 2.75) is 18.8 Å². The molecule has 5 heteroatoms. The standard InChI is InChI=1S/C11H11ClN4/c12-8-3-5-9(6-4-8)16-11(13)10(14-15-16)7-1-2-7/h3-7H,1-2,13H2. The Morgan fingerprint density at radius 3 is 2.56 bits per heavy atom. The van der Waals surface area contributed by atoms with Crippen molar-refractivity contribution in [1.29, 1.82) is 0 Å². The first-order valence-corrected chi connectivity index (χ1v) is 5.60. The molecule has 0 saturated heterocycles. The van der Waals surface area contributed by atoms with Crippen molar-refractivity contribution in [1.82, 2.24) is 15.0 Å². The summed E-state index contributed by atoms with van der Waals surface area (Å²) in [6.45, 7) is 0. The van der Waals surface area contributed by atoms with Crippen LogP contribution in [0.1, 0.15) is 24.5 Å². The van der Waals surface area contributed by atoms with Gasteiger partial charge in [0.05, 0.1) is 5.69 Å². The van der Waals surface area contributed by atoms with E-state index in [0.29, 0.717) is 16.8 Å². The van der Waals surface area contributed by atoms with Crippen LogP contribution in [0.4, 0.5) is 5.82 Å². The van der Waals surface area contributed by atoms with Crippen molar-refractivity contribution in [3.63, 3.8) is 0 Å². The van der Waals surface area contributed by atoms with Crippen molar-refractivity contribution >= 4 is 17.4 Å². The molecule has 2 aromatic rings. The third kappa shape index (κ3) is 1.55. The second kappa shape index (κ2) is 3.49. The first-order chi connectivity index (χ1) is 7.75. The van der Waals surface area contributed by atoms with Gasteiger partial charge in [-0.05, 0) is 37.1 Å². The molecule has 0 bridgehead atoms. The van der Waals surface area contributed by atoms with Crippen LogP contribution < -0.4 is 5.73 Å². The van der Waals surface area contributed by atoms with Crippen molar-refractivity contribution < 1.29 is 0 Å². The minimum Gasteiger partial charge on any atom is -0.382 e. The number of nitrogens with two attached hydrogens (primary N) is 1. The number of hydrogen-bond acceptors (Lipinski definition) is 3. The first-order valence-electron chi connectivity index (χ1n) is 5.23. The zero-order chi connectivity index (χ0) is 11.1. The molecule has 16 heavy (non-hydrogen) atoms. The van der Waals surface area contributed by atoms with E-state index in [-0.39, 0.29) is 0 Å². The number of hydrogen-bond donors (Lipinski definition) is 1. The molecule has 3 rings (SSSR count). The molecule has 1 aliphatic carbocycles. The predicted molar refractivity (Wildman–Crippen MR) is 62.8 cm³/mol. The molecular weight excluding hydrogens is 224 g/mol. The zero-order valence-electron chi connectivity index (χ0n) is 8.60. The topological polar surface area (TPSA) is 56.7 Å². The average molecular weight is 235 g/mol. The van der Waals surface area contributed by atoms with Crippen LogP contribution in [0.3, 0.4) is 0 Å². The molecule has 0 aliphatic heterocycles. The maximum Gasteiger partial charge on any atom is 0.151 e. The van der Waals surface area contributed by atoms with E-state index in [9.17, 15) is 0 Å². The van der Waals surface area contributed by atoms with E-state index in [1.54, 1.807) is 4.68 Å². The lowest BCUT2D eigenvalue weighted by Gasteiger charge is -2.02. The zero-order valence-corrected chi connectivity index (χ0v) is 9.35. The summed E-state index contributed by atoms with van der Waals surface area (Å²) >= 11 is 5.83. The number of aromatic nitrogens is 3. The van der Waals surface area contributed by atoms with E-state index >= 15 is 0 Å². The fourth-order valence-electron chi connectivity index (χ4n) is 1.72. The molecule has 1 aromatic heterocycles. The normalized spacial score (nSPS) is 15.3. The summed E-state index contributed by atoms with van der Waals surface area (Å²) < 4.78 is 1.66. The molecule has 0 atom stereocenters. The van der Waals surface area contributed by atoms with Gasteiger partial charge in [-0.1, -0.05) is 16.8 Å². The van der Waals surface area contributed by atoms with Crippen LogP contribution in [0.5, 0.6) is 0 Å². The minimum absolute atomic E-state index is 0.515. The minimum atomic E-state index is 0.515. The summed E-state index contributed by atoms with van der Waals surface area (Å²) in [7, 11) is 0. The van der Waals surface area contributed by atoms with Crippen LogP contribution in [0.15, 0.2) is 24.3 Å². The first kappa shape index (κ1) is 9.66. The molecule has 1 heterocycles. The van der Waals surface area contributed by atoms with E-state index in [4.69, 9.17) is 17.3 Å². The van der Waals surface area contributed by atoms with E-state index in [1.807, 2.05) is 24.3 Å². The van der Waals surface area contributed by atoms with Crippen LogP contribution in [0, 0.1) is 0 Å². The summed E-state index contributed by atoms with van der Waals surface area (Å²) in [5.41, 5.74) is 7.84. The number of halogens is 1. The van der Waals surface area contributed by atoms with E-state index < -0.39 is 0 Å². The number of rotatable bonds is 2. The number of anilines is 1. The lowest BCUT2D eigenvalue weighted by Crippen LogP contribution is -2.02. The molecule has 0 radical (unpaired) electrons. The molecule has 0 spiro atoms. The molecule has 0 unspecified atom stereocenters. The molecular formula is C11H11ClN4. The lowest BCUT2D eigenvalue weighted by molar-refractivity contribution is 0.802. The van der Waals surface area contributed by atoms with Gasteiger partial charge in [0.15, 0.2) is 5.82 Å². The summed E-state index contributed by atoms with van der Waals surface area (Å²) in [5, 5.41) is 8.91. The highest BCUT2D eigenvalue weighted by Crippen LogP contribution is 2.41. The Morgan fingerprint density at radius 1 is 1.25 bits per heavy atom. The summed E-state index contributed by atoms with van der Waals surface area (Å²) in [6, 6.07) is 7.39. The Hall–Kier alpha value is -1.55. The molecule has 0 amide bonds. The molecule has 2 N–H and O–H groups in total. The number of nitrogens with zero attached hydrogens (tertiary/aromatic N) is 3. The van der Waals surface area contributed by atoms with Crippen molar-refractivity contribution in [3.8, 4) is 5.69 Å². The molecule has 1 aliphatic rings. The van der Waals surface area contributed by atoms with Crippen LogP contribution in [-0.4, -0.2) is 15.0 Å². The van der Waals surface area contributed by atoms with Gasteiger partial charge in [0.1, 0.15) is 5.69 Å². The van der Waals surface area contributed by atoms with Gasteiger partial charge >= 0.3 is 0 Å². The van der Waals surface area contributed by atoms with Crippen LogP contribution in [-0.2, 0) is 0 Å². The molecule has 1 aromatic carbocycles. The highest BCUT2D eigenvalue weighted by Gasteiger charge is 2.29. The van der Waals surface area contributed by atoms with Crippen LogP contribution in [0.25, 0.3) is 5.69 Å². The maximum absolute atomic E-state index is 6.02. The second-order valence-electron chi connectivity index (χ2n) is 4.02. The van der Waals surface area contributed by atoms with Gasteiger partial charge < -0.3 is 5.73 Å². The summed E-state index contributed by atoms with van der Waals surface area (Å²) in [5.74, 6) is 1.16. The Labute approximate surface area is 98.0 Å². The third-order valence-electron chi connectivity index (χ3n) is 2.77. The third-order valence-corrected chi connectivity index (χ3v) is 3.02. The van der Waals surface area contributed by atoms with Gasteiger partial charge in [-0.2, -0.15) is 4.68 Å². The maximum atomic E-state index is 6.02. The SMILES string of the molecule is Nc1c(C2CC2)nnn1-c1ccc(Cl)cc1. The van der Waals surface area contributed by atoms with Crippen molar-refractivity contribution in [2.75, 3.05) is 5.73 Å². The fourth-order valence-corrected chi connectivity index (χ4v) is 1.85. The van der Waals surface area contributed by atoms with Gasteiger partial charge in [0, 0.05) is 10.9 Å². The Morgan fingerprint density at radius 2 is 1.94 bits per heavy atom. The van der Waals surface area contributed by atoms with Crippen LogP contribution in [0.2, 0.25) is 5.02 Å². The van der Waals surface area contributed by atoms with E-state index in [0.717, 1.165) is 11.4 Å². The fraction of sp³-hybridized carbons (Fsp3) is 0.273. The molecule has 4 nitrogen and oxygen atoms in total. The van der Waals surface area contributed by atoms with Gasteiger partial charge in [-0.25, -0.2) is 0 Å². The highest BCUT2D eigenvalue weighted by atomic mass is 35.5. The predicted octanol–water partition coefficient (Wildman–Crippen LogP) is 2.38. The van der Waals surface area contributed by atoms with Crippen molar-refractivity contribution in [2.24, 2.45) is 0 Å². The van der Waals surface area contributed by atoms with Gasteiger partial charge in [0.2, 0.25) is 0 Å². The van der Waals surface area contributed by atoms with Gasteiger partial charge in [-0.3, -0.25) is 0 Å². The average Bonchev–Trinajstić information content (AvgIpc) is 3.05. The largest absolute Gasteiger partial charge is 0.382 e. The smallest absolute Gasteiger partial charge is 0.151 e. The number of benzene rings is 1. The van der Waals surface area contributed by atoms with Gasteiger partial charge in [0.25, 0.3) is 0 Å².